The van der Waals surface area contributed by atoms with Gasteiger partial charge >= 0.3 is 0 Å². The van der Waals surface area contributed by atoms with Crippen LogP contribution in [0.15, 0.2) is 30.2 Å². The first-order valence-electron chi connectivity index (χ1n) is 2.96. The number of nitrogens with one attached hydrogen (secondary N) is 1. The predicted molar refractivity (Wildman–Crippen MR) is 44.7 cm³/mol. The van der Waals surface area contributed by atoms with Crippen LogP contribution in [-0.4, -0.2) is 25.2 Å². The zero-order chi connectivity index (χ0) is 7.98. The number of rotatable bonds is 4. The van der Waals surface area contributed by atoms with Gasteiger partial charge in [0.05, 0.1) is 11.9 Å². The van der Waals surface area contributed by atoms with Gasteiger partial charge < -0.3 is 10.3 Å². The zero-order valence-corrected chi connectivity index (χ0v) is 6.46. The molecule has 10 heavy (non-hydrogen) atoms. The van der Waals surface area contributed by atoms with Crippen molar-refractivity contribution in [2.75, 3.05) is 14.1 Å². The fraction of sp³-hybridized carbons (Fsp3) is 0.286. The molecule has 56 valence electrons. The van der Waals surface area contributed by atoms with Crippen LogP contribution in [0.4, 0.5) is 0 Å². The van der Waals surface area contributed by atoms with Gasteiger partial charge in [-0.15, -0.1) is 0 Å². The maximum Gasteiger partial charge on any atom is 0.0698 e. The third-order valence-corrected chi connectivity index (χ3v) is 1.07. The number of nitrogens with zero attached hydrogens (tertiary/aromatic N) is 2. The minimum atomic E-state index is 0.796. The van der Waals surface area contributed by atoms with Crippen LogP contribution in [0, 0.1) is 0 Å². The summed E-state index contributed by atoms with van der Waals surface area (Å²) in [5, 5.41) is 3.78. The summed E-state index contributed by atoms with van der Waals surface area (Å²) in [5.41, 5.74) is 3.42. The van der Waals surface area contributed by atoms with E-state index in [1.54, 1.807) is 24.4 Å². The molecule has 0 spiro atoms. The van der Waals surface area contributed by atoms with E-state index >= 15 is 0 Å². The highest BCUT2D eigenvalue weighted by Crippen LogP contribution is 1.92. The summed E-state index contributed by atoms with van der Waals surface area (Å²) in [4.78, 5) is 1.78. The van der Waals surface area contributed by atoms with Crippen molar-refractivity contribution in [2.24, 2.45) is 5.10 Å². The molecule has 0 heterocycles. The van der Waals surface area contributed by atoms with Gasteiger partial charge in [-0.05, 0) is 6.20 Å². The quantitative estimate of drug-likeness (QED) is 0.460. The lowest BCUT2D eigenvalue weighted by atomic mass is 10.5. The minimum absolute atomic E-state index is 0.796. The molecule has 0 aliphatic heterocycles. The molecule has 0 aromatic heterocycles. The Morgan fingerprint density at radius 1 is 1.70 bits per heavy atom. The molecule has 0 rings (SSSR count). The van der Waals surface area contributed by atoms with E-state index in [2.05, 4.69) is 23.7 Å². The molecule has 0 radical (unpaired) electrons. The van der Waals surface area contributed by atoms with Gasteiger partial charge in [0.15, 0.2) is 0 Å². The molecule has 0 aromatic carbocycles. The van der Waals surface area contributed by atoms with Crippen LogP contribution in [0.5, 0.6) is 0 Å². The third-order valence-electron chi connectivity index (χ3n) is 1.07. The summed E-state index contributed by atoms with van der Waals surface area (Å²) in [5.74, 6) is 0. The highest BCUT2D eigenvalue weighted by molar-refractivity contribution is 5.76. The minimum Gasteiger partial charge on any atom is -0.351 e. The molecular formula is C7H13N3. The molecule has 3 heteroatoms. The lowest BCUT2D eigenvalue weighted by Crippen LogP contribution is -2.10. The van der Waals surface area contributed by atoms with Gasteiger partial charge in [0.25, 0.3) is 0 Å². The second kappa shape index (κ2) is 4.61. The zero-order valence-electron chi connectivity index (χ0n) is 6.46. The highest BCUT2D eigenvalue weighted by Gasteiger charge is 1.90. The number of hydrogen-bond donors (Lipinski definition) is 1. The molecule has 0 aromatic rings. The van der Waals surface area contributed by atoms with Crippen LogP contribution in [0.2, 0.25) is 0 Å². The van der Waals surface area contributed by atoms with Crippen molar-refractivity contribution in [1.29, 1.82) is 0 Å². The smallest absolute Gasteiger partial charge is 0.0698 e. The molecule has 1 N–H and O–H groups in total. The molecule has 0 bridgehead atoms. The van der Waals surface area contributed by atoms with E-state index in [4.69, 9.17) is 0 Å². The van der Waals surface area contributed by atoms with Crippen molar-refractivity contribution in [3.63, 3.8) is 0 Å². The average molecular weight is 139 g/mol. The third kappa shape index (κ3) is 2.91. The van der Waals surface area contributed by atoms with Crippen LogP contribution < -0.4 is 5.43 Å². The van der Waals surface area contributed by atoms with Crippen molar-refractivity contribution in [1.82, 2.24) is 10.3 Å². The monoisotopic (exact) mass is 139 g/mol. The molecule has 0 amide bonds. The van der Waals surface area contributed by atoms with E-state index in [9.17, 15) is 0 Å². The summed E-state index contributed by atoms with van der Waals surface area (Å²) >= 11 is 0. The SMILES string of the molecule is C=CN(C)C(=C)/C=N\NC. The Morgan fingerprint density at radius 2 is 2.30 bits per heavy atom. The maximum atomic E-state index is 3.78. The summed E-state index contributed by atoms with van der Waals surface area (Å²) in [7, 11) is 3.59. The lowest BCUT2D eigenvalue weighted by Gasteiger charge is -2.11. The van der Waals surface area contributed by atoms with E-state index in [1.807, 2.05) is 7.05 Å². The van der Waals surface area contributed by atoms with E-state index in [0.29, 0.717) is 0 Å². The molecule has 0 unspecified atom stereocenters. The van der Waals surface area contributed by atoms with Crippen molar-refractivity contribution >= 4 is 6.21 Å². The highest BCUT2D eigenvalue weighted by atomic mass is 15.3. The summed E-state index contributed by atoms with van der Waals surface area (Å²) < 4.78 is 0. The van der Waals surface area contributed by atoms with E-state index in [-0.39, 0.29) is 0 Å². The first kappa shape index (κ1) is 8.75. The Kier molecular flexibility index (Phi) is 4.04. The Hall–Kier alpha value is -1.25. The first-order valence-corrected chi connectivity index (χ1v) is 2.96. The average Bonchev–Trinajstić information content (AvgIpc) is 1.98. The van der Waals surface area contributed by atoms with Gasteiger partial charge in [-0.1, -0.05) is 13.2 Å². The summed E-state index contributed by atoms with van der Waals surface area (Å²) in [6, 6.07) is 0. The van der Waals surface area contributed by atoms with Gasteiger partial charge in [0.2, 0.25) is 0 Å². The fourth-order valence-electron chi connectivity index (χ4n) is 0.347. The standard InChI is InChI=1S/C7H13N3/c1-5-10(4)7(2)6-9-8-3/h5-6,8H,1-2H2,3-4H3/b9-6-. The predicted octanol–water partition coefficient (Wildman–Crippen LogP) is 0.781. The second-order valence-electron chi connectivity index (χ2n) is 1.77. The molecular weight excluding hydrogens is 126 g/mol. The van der Waals surface area contributed by atoms with Gasteiger partial charge in [-0.25, -0.2) is 0 Å². The van der Waals surface area contributed by atoms with E-state index in [1.165, 1.54) is 0 Å². The molecule has 0 atom stereocenters. The van der Waals surface area contributed by atoms with Gasteiger partial charge in [-0.2, -0.15) is 5.10 Å². The molecule has 0 aliphatic carbocycles. The van der Waals surface area contributed by atoms with Crippen molar-refractivity contribution in [3.05, 3.63) is 25.1 Å². The Balaban J connectivity index is 3.84. The summed E-state index contributed by atoms with van der Waals surface area (Å²) in [6.07, 6.45) is 3.30. The Bertz CT molecular complexity index is 149. The van der Waals surface area contributed by atoms with Gasteiger partial charge in [0.1, 0.15) is 0 Å². The molecule has 0 saturated heterocycles. The van der Waals surface area contributed by atoms with E-state index in [0.717, 1.165) is 5.70 Å². The largest absolute Gasteiger partial charge is 0.351 e. The summed E-state index contributed by atoms with van der Waals surface area (Å²) in [6.45, 7) is 7.30. The molecule has 3 nitrogen and oxygen atoms in total. The van der Waals surface area contributed by atoms with Crippen molar-refractivity contribution in [3.8, 4) is 0 Å². The normalized spacial score (nSPS) is 9.40. The number of allylic oxidation sites excluding steroid dienone is 1. The van der Waals surface area contributed by atoms with Crippen LogP contribution in [0.1, 0.15) is 0 Å². The second-order valence-corrected chi connectivity index (χ2v) is 1.77. The first-order chi connectivity index (χ1) is 4.72. The number of hydrazone groups is 1. The fourth-order valence-corrected chi connectivity index (χ4v) is 0.347. The topological polar surface area (TPSA) is 27.6 Å². The van der Waals surface area contributed by atoms with Gasteiger partial charge in [0, 0.05) is 14.1 Å². The van der Waals surface area contributed by atoms with E-state index < -0.39 is 0 Å². The molecule has 0 aliphatic rings. The maximum absolute atomic E-state index is 3.78. The van der Waals surface area contributed by atoms with Gasteiger partial charge in [-0.3, -0.25) is 0 Å². The Morgan fingerprint density at radius 3 is 2.70 bits per heavy atom. The van der Waals surface area contributed by atoms with Crippen LogP contribution in [-0.2, 0) is 0 Å². The molecule has 0 fully saturated rings. The Labute approximate surface area is 61.7 Å². The van der Waals surface area contributed by atoms with Crippen LogP contribution in [0.25, 0.3) is 0 Å². The van der Waals surface area contributed by atoms with Crippen molar-refractivity contribution < 1.29 is 0 Å². The van der Waals surface area contributed by atoms with Crippen LogP contribution >= 0.6 is 0 Å². The lowest BCUT2D eigenvalue weighted by molar-refractivity contribution is 0.605. The van der Waals surface area contributed by atoms with Crippen LogP contribution in [0.3, 0.4) is 0 Å². The number of hydrogen-bond acceptors (Lipinski definition) is 3. The van der Waals surface area contributed by atoms with Crippen molar-refractivity contribution in [2.45, 2.75) is 0 Å². The molecule has 0 saturated carbocycles.